The zero-order chi connectivity index (χ0) is 13.2. The Bertz CT molecular complexity index is 337. The van der Waals surface area contributed by atoms with Gasteiger partial charge in [0.15, 0.2) is 6.10 Å². The van der Waals surface area contributed by atoms with Crippen LogP contribution in [-0.2, 0) is 19.1 Å². The number of nitrogens with one attached hydrogen (secondary N) is 1. The summed E-state index contributed by atoms with van der Waals surface area (Å²) in [6, 6.07) is 0. The number of hydrogen-bond donors (Lipinski definition) is 2. The van der Waals surface area contributed by atoms with Crippen LogP contribution in [-0.4, -0.2) is 47.9 Å². The average molecular weight is 257 g/mol. The van der Waals surface area contributed by atoms with E-state index in [0.717, 1.165) is 19.4 Å². The Labute approximate surface area is 106 Å². The fourth-order valence-electron chi connectivity index (χ4n) is 2.38. The normalized spacial score (nSPS) is 35.6. The molecule has 0 aliphatic carbocycles. The van der Waals surface area contributed by atoms with Crippen LogP contribution in [0, 0.1) is 0 Å². The Morgan fingerprint density at radius 2 is 2.11 bits per heavy atom. The molecular formula is C12H19NO5. The van der Waals surface area contributed by atoms with E-state index < -0.39 is 18.2 Å². The summed E-state index contributed by atoms with van der Waals surface area (Å²) >= 11 is 0. The monoisotopic (exact) mass is 257 g/mol. The van der Waals surface area contributed by atoms with Crippen molar-refractivity contribution in [2.75, 3.05) is 13.2 Å². The average Bonchev–Trinajstić information content (AvgIpc) is 2.95. The van der Waals surface area contributed by atoms with E-state index in [1.165, 1.54) is 0 Å². The second kappa shape index (κ2) is 5.24. The first-order valence-electron chi connectivity index (χ1n) is 6.30. The number of amides is 1. The lowest BCUT2D eigenvalue weighted by Crippen LogP contribution is -2.44. The van der Waals surface area contributed by atoms with Crippen molar-refractivity contribution >= 4 is 11.9 Å². The number of carbonyl (C=O) groups is 2. The molecule has 0 aromatic heterocycles. The van der Waals surface area contributed by atoms with Gasteiger partial charge < -0.3 is 19.9 Å². The van der Waals surface area contributed by atoms with Gasteiger partial charge in [-0.25, -0.2) is 4.79 Å². The van der Waals surface area contributed by atoms with Gasteiger partial charge in [-0.3, -0.25) is 4.79 Å². The topological polar surface area (TPSA) is 84.9 Å². The van der Waals surface area contributed by atoms with E-state index in [1.807, 2.05) is 6.92 Å². The molecule has 0 aromatic rings. The molecule has 3 atom stereocenters. The zero-order valence-electron chi connectivity index (χ0n) is 10.5. The molecule has 6 nitrogen and oxygen atoms in total. The largest absolute Gasteiger partial charge is 0.479 e. The summed E-state index contributed by atoms with van der Waals surface area (Å²) in [5.41, 5.74) is -0.291. The quantitative estimate of drug-likeness (QED) is 0.757. The number of hydrogen-bond acceptors (Lipinski definition) is 4. The lowest BCUT2D eigenvalue weighted by atomic mass is 10.0. The number of carbonyl (C=O) groups excluding carboxylic acids is 1. The van der Waals surface area contributed by atoms with E-state index in [1.54, 1.807) is 0 Å². The summed E-state index contributed by atoms with van der Waals surface area (Å²) in [5, 5.41) is 11.6. The van der Waals surface area contributed by atoms with Gasteiger partial charge in [-0.1, -0.05) is 0 Å². The lowest BCUT2D eigenvalue weighted by Gasteiger charge is -2.24. The summed E-state index contributed by atoms with van der Waals surface area (Å²) in [6.07, 6.45) is 1.29. The Morgan fingerprint density at radius 3 is 2.67 bits per heavy atom. The molecule has 6 heteroatoms. The molecule has 0 radical (unpaired) electrons. The maximum Gasteiger partial charge on any atom is 0.332 e. The van der Waals surface area contributed by atoms with Gasteiger partial charge in [0.05, 0.1) is 5.60 Å². The molecule has 2 N–H and O–H groups in total. The van der Waals surface area contributed by atoms with Crippen molar-refractivity contribution in [1.82, 2.24) is 5.32 Å². The van der Waals surface area contributed by atoms with Crippen molar-refractivity contribution in [3.63, 3.8) is 0 Å². The van der Waals surface area contributed by atoms with Crippen LogP contribution >= 0.6 is 0 Å². The number of ether oxygens (including phenoxy) is 2. The van der Waals surface area contributed by atoms with Gasteiger partial charge >= 0.3 is 5.97 Å². The van der Waals surface area contributed by atoms with Crippen LogP contribution in [0.2, 0.25) is 0 Å². The highest BCUT2D eigenvalue weighted by molar-refractivity contribution is 5.82. The third kappa shape index (κ3) is 3.00. The molecule has 2 aliphatic heterocycles. The van der Waals surface area contributed by atoms with E-state index in [9.17, 15) is 9.59 Å². The first-order valence-corrected chi connectivity index (χ1v) is 6.30. The first kappa shape index (κ1) is 13.3. The third-order valence-electron chi connectivity index (χ3n) is 3.52. The van der Waals surface area contributed by atoms with Gasteiger partial charge in [-0.05, 0) is 32.6 Å². The molecule has 2 aliphatic rings. The molecular weight excluding hydrogens is 238 g/mol. The predicted molar refractivity (Wildman–Crippen MR) is 62.1 cm³/mol. The highest BCUT2D eigenvalue weighted by atomic mass is 16.5. The maximum atomic E-state index is 11.8. The predicted octanol–water partition coefficient (Wildman–Crippen LogP) is 0.304. The Morgan fingerprint density at radius 1 is 1.39 bits per heavy atom. The van der Waals surface area contributed by atoms with E-state index in [4.69, 9.17) is 14.6 Å². The molecule has 102 valence electrons. The van der Waals surface area contributed by atoms with Crippen LogP contribution in [0.1, 0.15) is 32.6 Å². The highest BCUT2D eigenvalue weighted by Crippen LogP contribution is 2.24. The van der Waals surface area contributed by atoms with E-state index in [0.29, 0.717) is 19.4 Å². The summed E-state index contributed by atoms with van der Waals surface area (Å²) in [4.78, 5) is 22.5. The van der Waals surface area contributed by atoms with Crippen LogP contribution in [0.25, 0.3) is 0 Å². The van der Waals surface area contributed by atoms with Crippen molar-refractivity contribution in [2.45, 2.75) is 50.4 Å². The molecule has 2 saturated heterocycles. The van der Waals surface area contributed by atoms with E-state index in [-0.39, 0.29) is 11.5 Å². The fourth-order valence-corrected chi connectivity index (χ4v) is 2.38. The lowest BCUT2D eigenvalue weighted by molar-refractivity contribution is -0.152. The standard InChI is InChI=1S/C12H19NO5/c1-12(5-2-6-17-12)7-13-10(14)8-3-4-9(18-8)11(15)16/h8-9H,2-7H2,1H3,(H,13,14)(H,15,16)/t8-,9+,12?/m0/s1. The van der Waals surface area contributed by atoms with Crippen LogP contribution in [0.4, 0.5) is 0 Å². The summed E-state index contributed by atoms with van der Waals surface area (Å²) in [5.74, 6) is -1.24. The number of rotatable bonds is 4. The number of carboxylic acids is 1. The summed E-state index contributed by atoms with van der Waals surface area (Å²) in [6.45, 7) is 3.15. The van der Waals surface area contributed by atoms with Crippen LogP contribution in [0.5, 0.6) is 0 Å². The summed E-state index contributed by atoms with van der Waals surface area (Å²) < 4.78 is 10.7. The minimum atomic E-state index is -1.00. The SMILES string of the molecule is CC1(CNC(=O)[C@@H]2CC[C@H](C(=O)O)O2)CCCO1. The highest BCUT2D eigenvalue weighted by Gasteiger charge is 2.36. The van der Waals surface area contributed by atoms with Gasteiger partial charge in [0.2, 0.25) is 5.91 Å². The van der Waals surface area contributed by atoms with Crippen LogP contribution in [0.15, 0.2) is 0 Å². The van der Waals surface area contributed by atoms with Gasteiger partial charge in [0, 0.05) is 13.2 Å². The molecule has 18 heavy (non-hydrogen) atoms. The first-order chi connectivity index (χ1) is 8.50. The second-order valence-corrected chi connectivity index (χ2v) is 5.15. The Balaban J connectivity index is 1.77. The van der Waals surface area contributed by atoms with Crippen LogP contribution < -0.4 is 5.32 Å². The Kier molecular flexibility index (Phi) is 3.87. The number of carboxylic acid groups (broad SMARTS) is 1. The molecule has 0 spiro atoms. The van der Waals surface area contributed by atoms with Crippen LogP contribution in [0.3, 0.4) is 0 Å². The molecule has 0 bridgehead atoms. The third-order valence-corrected chi connectivity index (χ3v) is 3.52. The van der Waals surface area contributed by atoms with E-state index >= 15 is 0 Å². The minimum Gasteiger partial charge on any atom is -0.479 e. The van der Waals surface area contributed by atoms with Gasteiger partial charge in [0.25, 0.3) is 0 Å². The van der Waals surface area contributed by atoms with E-state index in [2.05, 4.69) is 5.32 Å². The summed E-state index contributed by atoms with van der Waals surface area (Å²) in [7, 11) is 0. The van der Waals surface area contributed by atoms with Crippen molar-refractivity contribution in [3.05, 3.63) is 0 Å². The molecule has 0 saturated carbocycles. The zero-order valence-corrected chi connectivity index (χ0v) is 10.5. The molecule has 2 fully saturated rings. The van der Waals surface area contributed by atoms with Crippen molar-refractivity contribution in [1.29, 1.82) is 0 Å². The van der Waals surface area contributed by atoms with Crippen molar-refractivity contribution < 1.29 is 24.2 Å². The van der Waals surface area contributed by atoms with Gasteiger partial charge in [-0.15, -0.1) is 0 Å². The fraction of sp³-hybridized carbons (Fsp3) is 0.833. The minimum absolute atomic E-state index is 0.240. The maximum absolute atomic E-state index is 11.8. The molecule has 2 rings (SSSR count). The number of aliphatic carboxylic acids is 1. The smallest absolute Gasteiger partial charge is 0.332 e. The molecule has 1 unspecified atom stereocenters. The molecule has 0 aromatic carbocycles. The Hall–Kier alpha value is -1.14. The van der Waals surface area contributed by atoms with Gasteiger partial charge in [-0.2, -0.15) is 0 Å². The van der Waals surface area contributed by atoms with Gasteiger partial charge in [0.1, 0.15) is 6.10 Å². The van der Waals surface area contributed by atoms with Crippen molar-refractivity contribution in [2.24, 2.45) is 0 Å². The van der Waals surface area contributed by atoms with Crippen molar-refractivity contribution in [3.8, 4) is 0 Å². The molecule has 2 heterocycles. The molecule has 1 amide bonds. The second-order valence-electron chi connectivity index (χ2n) is 5.15.